The molecule has 1 saturated heterocycles. The van der Waals surface area contributed by atoms with E-state index in [1.807, 2.05) is 12.1 Å². The van der Waals surface area contributed by atoms with Crippen molar-refractivity contribution in [2.45, 2.75) is 31.9 Å². The van der Waals surface area contributed by atoms with E-state index < -0.39 is 5.60 Å². The average Bonchev–Trinajstić information content (AvgIpc) is 2.98. The molecule has 0 radical (unpaired) electrons. The number of nitrogens with one attached hydrogen (secondary N) is 2. The third-order valence-corrected chi connectivity index (χ3v) is 3.76. The molecule has 2 N–H and O–H groups in total. The van der Waals surface area contributed by atoms with Crippen LogP contribution in [-0.4, -0.2) is 24.0 Å². The van der Waals surface area contributed by atoms with Crippen LogP contribution in [0.4, 0.5) is 5.69 Å². The first-order valence-electron chi connectivity index (χ1n) is 6.46. The Bertz CT molecular complexity index is 548. The maximum atomic E-state index is 12.3. The highest BCUT2D eigenvalue weighted by Crippen LogP contribution is 2.29. The van der Waals surface area contributed by atoms with E-state index in [-0.39, 0.29) is 11.8 Å². The Labute approximate surface area is 111 Å². The lowest BCUT2D eigenvalue weighted by Crippen LogP contribution is -2.39. The largest absolute Gasteiger partial charge is 0.365 e. The predicted octanol–water partition coefficient (Wildman–Crippen LogP) is 1.44. The van der Waals surface area contributed by atoms with Crippen LogP contribution in [0.1, 0.15) is 35.7 Å². The van der Waals surface area contributed by atoms with Crippen LogP contribution in [0.15, 0.2) is 18.2 Å². The van der Waals surface area contributed by atoms with Crippen molar-refractivity contribution in [1.82, 2.24) is 5.32 Å². The fourth-order valence-electron chi connectivity index (χ4n) is 2.60. The summed E-state index contributed by atoms with van der Waals surface area (Å²) < 4.78 is 5.51. The number of carbonyl (C=O) groups is 2. The van der Waals surface area contributed by atoms with Crippen LogP contribution < -0.4 is 10.6 Å². The smallest absolute Gasteiger partial charge is 0.256 e. The maximum Gasteiger partial charge on any atom is 0.256 e. The lowest BCUT2D eigenvalue weighted by Gasteiger charge is -2.22. The fraction of sp³-hybridized carbons (Fsp3) is 0.429. The number of fused-ring (bicyclic) bond motifs is 1. The van der Waals surface area contributed by atoms with E-state index in [1.165, 1.54) is 0 Å². The number of anilines is 1. The van der Waals surface area contributed by atoms with Crippen molar-refractivity contribution in [2.75, 3.05) is 11.9 Å². The first kappa shape index (κ1) is 12.2. The van der Waals surface area contributed by atoms with E-state index in [4.69, 9.17) is 4.74 Å². The van der Waals surface area contributed by atoms with E-state index in [1.54, 1.807) is 13.0 Å². The molecule has 1 fully saturated rings. The van der Waals surface area contributed by atoms with Crippen molar-refractivity contribution >= 4 is 17.5 Å². The van der Waals surface area contributed by atoms with Crippen molar-refractivity contribution in [3.05, 3.63) is 29.3 Å². The number of hydrogen-bond donors (Lipinski definition) is 2. The minimum Gasteiger partial charge on any atom is -0.365 e. The molecule has 0 spiro atoms. The number of amides is 2. The second kappa shape index (κ2) is 4.35. The number of benzene rings is 1. The molecule has 2 aliphatic heterocycles. The molecule has 1 aromatic carbocycles. The van der Waals surface area contributed by atoms with E-state index in [0.29, 0.717) is 30.8 Å². The highest BCUT2D eigenvalue weighted by atomic mass is 16.5. The molecule has 0 bridgehead atoms. The minimum absolute atomic E-state index is 0.136. The first-order chi connectivity index (χ1) is 9.10. The summed E-state index contributed by atoms with van der Waals surface area (Å²) >= 11 is 0. The summed E-state index contributed by atoms with van der Waals surface area (Å²) in [5.74, 6) is -0.318. The van der Waals surface area contributed by atoms with Crippen LogP contribution in [0.25, 0.3) is 0 Å². The van der Waals surface area contributed by atoms with Gasteiger partial charge >= 0.3 is 0 Å². The molecule has 2 heterocycles. The van der Waals surface area contributed by atoms with Crippen LogP contribution in [0.5, 0.6) is 0 Å². The molecule has 100 valence electrons. The Hall–Kier alpha value is -1.88. The van der Waals surface area contributed by atoms with Crippen molar-refractivity contribution in [1.29, 1.82) is 0 Å². The summed E-state index contributed by atoms with van der Waals surface area (Å²) in [6.45, 7) is 2.92. The molecule has 0 saturated carbocycles. The summed E-state index contributed by atoms with van der Waals surface area (Å²) in [6, 6.07) is 5.48. The van der Waals surface area contributed by atoms with Crippen molar-refractivity contribution < 1.29 is 14.3 Å². The molecule has 1 aromatic rings. The first-order valence-corrected chi connectivity index (χ1v) is 6.46. The van der Waals surface area contributed by atoms with E-state index >= 15 is 0 Å². The number of rotatable bonds is 2. The summed E-state index contributed by atoms with van der Waals surface area (Å²) in [4.78, 5) is 24.1. The fourth-order valence-corrected chi connectivity index (χ4v) is 2.60. The quantitative estimate of drug-likeness (QED) is 0.845. The zero-order valence-electron chi connectivity index (χ0n) is 10.8. The van der Waals surface area contributed by atoms with Gasteiger partial charge in [0.2, 0.25) is 0 Å². The van der Waals surface area contributed by atoms with Gasteiger partial charge in [-0.05, 0) is 31.4 Å². The summed E-state index contributed by atoms with van der Waals surface area (Å²) in [7, 11) is 0. The minimum atomic E-state index is -0.780. The van der Waals surface area contributed by atoms with Gasteiger partial charge in [0.1, 0.15) is 5.60 Å². The lowest BCUT2D eigenvalue weighted by molar-refractivity contribution is -0.133. The molecule has 2 amide bonds. The second-order valence-electron chi connectivity index (χ2n) is 5.16. The Kier molecular flexibility index (Phi) is 2.78. The Balaban J connectivity index is 1.87. The number of carbonyl (C=O) groups excluding carboxylic acids is 2. The van der Waals surface area contributed by atoms with Crippen LogP contribution in [0, 0.1) is 0 Å². The third kappa shape index (κ3) is 2.00. The van der Waals surface area contributed by atoms with Gasteiger partial charge in [-0.2, -0.15) is 0 Å². The van der Waals surface area contributed by atoms with Gasteiger partial charge in [-0.3, -0.25) is 9.59 Å². The van der Waals surface area contributed by atoms with Gasteiger partial charge in [0.25, 0.3) is 11.8 Å². The van der Waals surface area contributed by atoms with Crippen LogP contribution in [0.2, 0.25) is 0 Å². The zero-order valence-corrected chi connectivity index (χ0v) is 10.8. The lowest BCUT2D eigenvalue weighted by atomic mass is 10.0. The molecule has 0 aromatic heterocycles. The van der Waals surface area contributed by atoms with Crippen molar-refractivity contribution in [2.24, 2.45) is 0 Å². The summed E-state index contributed by atoms with van der Waals surface area (Å²) in [6.07, 6.45) is 1.59. The SMILES string of the molecule is C[C@@]1(C(=O)Nc2cccc3c2C(=O)NC3)CCCO1. The average molecular weight is 260 g/mol. The van der Waals surface area contributed by atoms with Crippen LogP contribution in [-0.2, 0) is 16.1 Å². The van der Waals surface area contributed by atoms with E-state index in [2.05, 4.69) is 10.6 Å². The summed E-state index contributed by atoms with van der Waals surface area (Å²) in [5.41, 5.74) is 1.27. The molecular weight excluding hydrogens is 244 g/mol. The molecule has 3 rings (SSSR count). The molecule has 0 aliphatic carbocycles. The van der Waals surface area contributed by atoms with Gasteiger partial charge in [-0.25, -0.2) is 0 Å². The molecule has 2 aliphatic rings. The topological polar surface area (TPSA) is 67.4 Å². The monoisotopic (exact) mass is 260 g/mol. The van der Waals surface area contributed by atoms with Crippen LogP contribution >= 0.6 is 0 Å². The predicted molar refractivity (Wildman–Crippen MR) is 69.8 cm³/mol. The second-order valence-corrected chi connectivity index (χ2v) is 5.16. The Morgan fingerprint density at radius 3 is 3.05 bits per heavy atom. The molecule has 5 heteroatoms. The van der Waals surface area contributed by atoms with Gasteiger partial charge in [-0.1, -0.05) is 12.1 Å². The van der Waals surface area contributed by atoms with Gasteiger partial charge in [0.05, 0.1) is 11.3 Å². The summed E-state index contributed by atoms with van der Waals surface area (Å²) in [5, 5.41) is 5.59. The normalized spacial score (nSPS) is 25.0. The standard InChI is InChI=1S/C14H16N2O3/c1-14(6-3-7-19-14)13(18)16-10-5-2-4-9-8-15-12(17)11(9)10/h2,4-5H,3,6-8H2,1H3,(H,15,17)(H,16,18)/t14-/m0/s1. The maximum absolute atomic E-state index is 12.3. The van der Waals surface area contributed by atoms with Crippen molar-refractivity contribution in [3.63, 3.8) is 0 Å². The molecular formula is C14H16N2O3. The number of hydrogen-bond acceptors (Lipinski definition) is 3. The molecule has 0 unspecified atom stereocenters. The highest BCUT2D eigenvalue weighted by molar-refractivity contribution is 6.08. The third-order valence-electron chi connectivity index (χ3n) is 3.76. The molecule has 1 atom stereocenters. The Morgan fingerprint density at radius 2 is 2.32 bits per heavy atom. The number of ether oxygens (including phenoxy) is 1. The van der Waals surface area contributed by atoms with Crippen LogP contribution in [0.3, 0.4) is 0 Å². The Morgan fingerprint density at radius 1 is 1.47 bits per heavy atom. The van der Waals surface area contributed by atoms with Gasteiger partial charge < -0.3 is 15.4 Å². The van der Waals surface area contributed by atoms with Gasteiger partial charge in [-0.15, -0.1) is 0 Å². The van der Waals surface area contributed by atoms with Gasteiger partial charge in [0, 0.05) is 13.2 Å². The van der Waals surface area contributed by atoms with E-state index in [9.17, 15) is 9.59 Å². The molecule has 5 nitrogen and oxygen atoms in total. The van der Waals surface area contributed by atoms with Crippen molar-refractivity contribution in [3.8, 4) is 0 Å². The van der Waals surface area contributed by atoms with Gasteiger partial charge in [0.15, 0.2) is 0 Å². The molecule has 19 heavy (non-hydrogen) atoms. The highest BCUT2D eigenvalue weighted by Gasteiger charge is 2.38. The van der Waals surface area contributed by atoms with E-state index in [0.717, 1.165) is 12.0 Å². The zero-order chi connectivity index (χ0) is 13.5.